The molecule has 1 amide bonds. The summed E-state index contributed by atoms with van der Waals surface area (Å²) in [6, 6.07) is 22.3. The Kier molecular flexibility index (Phi) is 5.55. The Labute approximate surface area is 165 Å². The summed E-state index contributed by atoms with van der Waals surface area (Å²) in [5.41, 5.74) is 8.70. The average molecular weight is 375 g/mol. The molecule has 1 saturated heterocycles. The van der Waals surface area contributed by atoms with E-state index in [1.807, 2.05) is 37.3 Å². The van der Waals surface area contributed by atoms with Gasteiger partial charge in [-0.05, 0) is 47.4 Å². The number of amides is 1. The van der Waals surface area contributed by atoms with Gasteiger partial charge in [-0.25, -0.2) is 10.9 Å². The SMILES string of the molecule is CCOc1ccc(CNC(=O)C2CC(c3cccc4ccccc34)NN2)cc1. The van der Waals surface area contributed by atoms with Gasteiger partial charge < -0.3 is 10.1 Å². The Balaban J connectivity index is 1.36. The molecule has 3 aromatic carbocycles. The number of ether oxygens (including phenoxy) is 1. The first kappa shape index (κ1) is 18.5. The molecule has 0 aliphatic carbocycles. The van der Waals surface area contributed by atoms with Gasteiger partial charge in [-0.3, -0.25) is 4.79 Å². The summed E-state index contributed by atoms with van der Waals surface area (Å²) in [6.45, 7) is 3.11. The van der Waals surface area contributed by atoms with Crippen molar-refractivity contribution in [1.82, 2.24) is 16.2 Å². The van der Waals surface area contributed by atoms with Crippen LogP contribution in [0, 0.1) is 0 Å². The predicted molar refractivity (Wildman–Crippen MR) is 111 cm³/mol. The Hall–Kier alpha value is -2.89. The Bertz CT molecular complexity index is 950. The second kappa shape index (κ2) is 8.42. The molecule has 0 aromatic heterocycles. The molecular weight excluding hydrogens is 350 g/mol. The molecule has 0 saturated carbocycles. The van der Waals surface area contributed by atoms with E-state index in [1.165, 1.54) is 16.3 Å². The van der Waals surface area contributed by atoms with Crippen molar-refractivity contribution < 1.29 is 9.53 Å². The van der Waals surface area contributed by atoms with E-state index in [9.17, 15) is 4.79 Å². The van der Waals surface area contributed by atoms with Crippen molar-refractivity contribution >= 4 is 16.7 Å². The van der Waals surface area contributed by atoms with E-state index >= 15 is 0 Å². The number of rotatable bonds is 6. The molecule has 2 unspecified atom stereocenters. The average Bonchev–Trinajstić information content (AvgIpc) is 3.23. The first-order valence-corrected chi connectivity index (χ1v) is 9.73. The maximum atomic E-state index is 12.6. The largest absolute Gasteiger partial charge is 0.494 e. The second-order valence-corrected chi connectivity index (χ2v) is 6.99. The van der Waals surface area contributed by atoms with Gasteiger partial charge in [0.2, 0.25) is 5.91 Å². The van der Waals surface area contributed by atoms with Gasteiger partial charge in [0.1, 0.15) is 11.8 Å². The molecule has 28 heavy (non-hydrogen) atoms. The minimum Gasteiger partial charge on any atom is -0.494 e. The Morgan fingerprint density at radius 1 is 1.04 bits per heavy atom. The van der Waals surface area contributed by atoms with Crippen LogP contribution in [0.3, 0.4) is 0 Å². The molecule has 144 valence electrons. The summed E-state index contributed by atoms with van der Waals surface area (Å²) in [7, 11) is 0. The second-order valence-electron chi connectivity index (χ2n) is 6.99. The molecule has 3 N–H and O–H groups in total. The van der Waals surface area contributed by atoms with E-state index in [2.05, 4.69) is 52.6 Å². The third-order valence-corrected chi connectivity index (χ3v) is 5.12. The number of carbonyl (C=O) groups is 1. The molecule has 1 aliphatic rings. The molecule has 2 atom stereocenters. The van der Waals surface area contributed by atoms with Gasteiger partial charge in [-0.15, -0.1) is 0 Å². The summed E-state index contributed by atoms with van der Waals surface area (Å²) in [5.74, 6) is 0.848. The van der Waals surface area contributed by atoms with Crippen molar-refractivity contribution in [2.24, 2.45) is 0 Å². The van der Waals surface area contributed by atoms with Crippen molar-refractivity contribution in [3.8, 4) is 5.75 Å². The van der Waals surface area contributed by atoms with Crippen LogP contribution in [0.1, 0.15) is 30.5 Å². The molecule has 0 bridgehead atoms. The highest BCUT2D eigenvalue weighted by Crippen LogP contribution is 2.29. The molecule has 0 spiro atoms. The van der Waals surface area contributed by atoms with Crippen molar-refractivity contribution in [1.29, 1.82) is 0 Å². The number of fused-ring (bicyclic) bond motifs is 1. The fraction of sp³-hybridized carbons (Fsp3) is 0.261. The summed E-state index contributed by atoms with van der Waals surface area (Å²) < 4.78 is 5.45. The van der Waals surface area contributed by atoms with Crippen molar-refractivity contribution in [2.45, 2.75) is 32.0 Å². The maximum absolute atomic E-state index is 12.6. The lowest BCUT2D eigenvalue weighted by atomic mass is 9.96. The zero-order valence-electron chi connectivity index (χ0n) is 15.9. The highest BCUT2D eigenvalue weighted by molar-refractivity contribution is 5.86. The summed E-state index contributed by atoms with van der Waals surface area (Å²) in [4.78, 5) is 12.6. The van der Waals surface area contributed by atoms with Crippen LogP contribution in [-0.2, 0) is 11.3 Å². The molecule has 4 rings (SSSR count). The van der Waals surface area contributed by atoms with Gasteiger partial charge in [0, 0.05) is 12.6 Å². The van der Waals surface area contributed by atoms with E-state index in [0.29, 0.717) is 19.6 Å². The van der Waals surface area contributed by atoms with E-state index < -0.39 is 0 Å². The van der Waals surface area contributed by atoms with Crippen LogP contribution < -0.4 is 20.9 Å². The number of nitrogens with one attached hydrogen (secondary N) is 3. The van der Waals surface area contributed by atoms with Crippen LogP contribution in [-0.4, -0.2) is 18.6 Å². The monoisotopic (exact) mass is 375 g/mol. The first-order valence-electron chi connectivity index (χ1n) is 9.73. The van der Waals surface area contributed by atoms with Crippen LogP contribution in [0.4, 0.5) is 0 Å². The van der Waals surface area contributed by atoms with Crippen molar-refractivity contribution in [3.63, 3.8) is 0 Å². The van der Waals surface area contributed by atoms with E-state index in [4.69, 9.17) is 4.74 Å². The van der Waals surface area contributed by atoms with Gasteiger partial charge in [0.15, 0.2) is 0 Å². The molecule has 1 aliphatic heterocycles. The standard InChI is InChI=1S/C23H25N3O2/c1-2-28-18-12-10-16(11-13-18)15-24-23(27)22-14-21(25-26-22)20-9-5-7-17-6-3-4-8-19(17)20/h3-13,21-22,25-26H,2,14-15H2,1H3,(H,24,27). The quantitative estimate of drug-likeness (QED) is 0.617. The highest BCUT2D eigenvalue weighted by atomic mass is 16.5. The normalized spacial score (nSPS) is 18.9. The van der Waals surface area contributed by atoms with Gasteiger partial charge >= 0.3 is 0 Å². The maximum Gasteiger partial charge on any atom is 0.238 e. The number of carbonyl (C=O) groups excluding carboxylic acids is 1. The molecule has 1 fully saturated rings. The molecule has 3 aromatic rings. The van der Waals surface area contributed by atoms with Crippen LogP contribution in [0.2, 0.25) is 0 Å². The lowest BCUT2D eigenvalue weighted by Crippen LogP contribution is -2.42. The third kappa shape index (κ3) is 4.01. The minimum atomic E-state index is -0.258. The van der Waals surface area contributed by atoms with Crippen molar-refractivity contribution in [2.75, 3.05) is 6.61 Å². The predicted octanol–water partition coefficient (Wildman–Crippen LogP) is 3.46. The number of benzene rings is 3. The third-order valence-electron chi connectivity index (χ3n) is 5.12. The zero-order valence-corrected chi connectivity index (χ0v) is 15.9. The Morgan fingerprint density at radius 3 is 2.64 bits per heavy atom. The van der Waals surface area contributed by atoms with Crippen LogP contribution in [0.15, 0.2) is 66.7 Å². The smallest absolute Gasteiger partial charge is 0.238 e. The van der Waals surface area contributed by atoms with Gasteiger partial charge in [-0.2, -0.15) is 0 Å². The first-order chi connectivity index (χ1) is 13.7. The molecule has 5 heteroatoms. The number of hydrogen-bond acceptors (Lipinski definition) is 4. The van der Waals surface area contributed by atoms with Crippen LogP contribution in [0.5, 0.6) is 5.75 Å². The fourth-order valence-electron chi connectivity index (χ4n) is 3.67. The number of hydrogen-bond donors (Lipinski definition) is 3. The molecule has 0 radical (unpaired) electrons. The van der Waals surface area contributed by atoms with E-state index in [-0.39, 0.29) is 18.0 Å². The van der Waals surface area contributed by atoms with E-state index in [0.717, 1.165) is 11.3 Å². The summed E-state index contributed by atoms with van der Waals surface area (Å²) in [5, 5.41) is 5.45. The number of hydrazine groups is 1. The molecule has 5 nitrogen and oxygen atoms in total. The van der Waals surface area contributed by atoms with Gasteiger partial charge in [-0.1, -0.05) is 54.6 Å². The lowest BCUT2D eigenvalue weighted by Gasteiger charge is -2.13. The fourth-order valence-corrected chi connectivity index (χ4v) is 3.67. The zero-order chi connectivity index (χ0) is 19.3. The van der Waals surface area contributed by atoms with Crippen LogP contribution >= 0.6 is 0 Å². The lowest BCUT2D eigenvalue weighted by molar-refractivity contribution is -0.123. The van der Waals surface area contributed by atoms with Crippen molar-refractivity contribution in [3.05, 3.63) is 77.9 Å². The Morgan fingerprint density at radius 2 is 1.82 bits per heavy atom. The van der Waals surface area contributed by atoms with Gasteiger partial charge in [0.05, 0.1) is 6.61 Å². The summed E-state index contributed by atoms with van der Waals surface area (Å²) >= 11 is 0. The molecular formula is C23H25N3O2. The minimum absolute atomic E-state index is 0.00382. The highest BCUT2D eigenvalue weighted by Gasteiger charge is 2.30. The topological polar surface area (TPSA) is 62.4 Å². The van der Waals surface area contributed by atoms with Crippen LogP contribution in [0.25, 0.3) is 10.8 Å². The van der Waals surface area contributed by atoms with E-state index in [1.54, 1.807) is 0 Å². The van der Waals surface area contributed by atoms with Gasteiger partial charge in [0.25, 0.3) is 0 Å². The molecule has 1 heterocycles. The summed E-state index contributed by atoms with van der Waals surface area (Å²) in [6.07, 6.45) is 0.711.